The topological polar surface area (TPSA) is 88.5 Å². The van der Waals surface area contributed by atoms with Crippen molar-refractivity contribution in [1.29, 1.82) is 0 Å². The molecular weight excluding hydrogens is 288 g/mol. The summed E-state index contributed by atoms with van der Waals surface area (Å²) in [5, 5.41) is 0. The molecule has 0 bridgehead atoms. The summed E-state index contributed by atoms with van der Waals surface area (Å²) in [6.45, 7) is 7.50. The second-order valence-corrected chi connectivity index (χ2v) is 9.46. The van der Waals surface area contributed by atoms with Crippen LogP contribution in [0.25, 0.3) is 0 Å². The first-order chi connectivity index (χ1) is 8.30. The van der Waals surface area contributed by atoms with E-state index in [2.05, 4.69) is 0 Å². The molecule has 19 heavy (non-hydrogen) atoms. The number of rotatable bonds is 2. The van der Waals surface area contributed by atoms with E-state index in [4.69, 9.17) is 0 Å². The highest BCUT2D eigenvalue weighted by Crippen LogP contribution is 2.31. The molecule has 0 aliphatic heterocycles. The minimum atomic E-state index is -4.46. The van der Waals surface area contributed by atoms with E-state index in [1.807, 2.05) is 0 Å². The fourth-order valence-electron chi connectivity index (χ4n) is 1.83. The molecule has 5 nitrogen and oxygen atoms in total. The molecule has 0 aliphatic carbocycles. The third-order valence-corrected chi connectivity index (χ3v) is 6.68. The van der Waals surface area contributed by atoms with Gasteiger partial charge in [0.15, 0.2) is 9.84 Å². The Morgan fingerprint density at radius 2 is 1.47 bits per heavy atom. The van der Waals surface area contributed by atoms with E-state index in [1.54, 1.807) is 0 Å². The number of sulfone groups is 1. The van der Waals surface area contributed by atoms with Crippen molar-refractivity contribution in [2.45, 2.75) is 49.2 Å². The van der Waals surface area contributed by atoms with Gasteiger partial charge in [0.05, 0.1) is 9.64 Å². The fourth-order valence-corrected chi connectivity index (χ4v) is 4.28. The van der Waals surface area contributed by atoms with Gasteiger partial charge >= 0.3 is 0 Å². The van der Waals surface area contributed by atoms with Crippen LogP contribution in [0.1, 0.15) is 31.9 Å². The second-order valence-electron chi connectivity index (χ2n) is 5.43. The van der Waals surface area contributed by atoms with Crippen molar-refractivity contribution in [2.75, 3.05) is 0 Å². The number of hydrogen-bond donors (Lipinski definition) is 1. The van der Waals surface area contributed by atoms with Crippen molar-refractivity contribution in [2.24, 2.45) is 0 Å². The predicted molar refractivity (Wildman–Crippen MR) is 72.7 cm³/mol. The molecule has 0 aliphatic rings. The lowest BCUT2D eigenvalue weighted by Crippen LogP contribution is -2.29. The lowest BCUT2D eigenvalue weighted by molar-refractivity contribution is 0.481. The van der Waals surface area contributed by atoms with Crippen molar-refractivity contribution in [3.63, 3.8) is 0 Å². The molecule has 0 spiro atoms. The van der Waals surface area contributed by atoms with Gasteiger partial charge in [0.25, 0.3) is 10.1 Å². The maximum absolute atomic E-state index is 12.4. The summed E-state index contributed by atoms with van der Waals surface area (Å²) < 4.78 is 55.7. The molecule has 0 unspecified atom stereocenters. The smallest absolute Gasteiger partial charge is 0.282 e. The monoisotopic (exact) mass is 306 g/mol. The zero-order chi connectivity index (χ0) is 15.2. The summed E-state index contributed by atoms with van der Waals surface area (Å²) >= 11 is 0. The van der Waals surface area contributed by atoms with E-state index in [-0.39, 0.29) is 15.4 Å². The Bertz CT molecular complexity index is 707. The summed E-state index contributed by atoms with van der Waals surface area (Å²) in [6.07, 6.45) is 0. The minimum Gasteiger partial charge on any atom is -0.282 e. The summed E-state index contributed by atoms with van der Waals surface area (Å²) in [7, 11) is -8.14. The van der Waals surface area contributed by atoms with Crippen LogP contribution in [0.3, 0.4) is 0 Å². The maximum atomic E-state index is 12.4. The fraction of sp³-hybridized carbons (Fsp3) is 0.500. The van der Waals surface area contributed by atoms with E-state index in [0.717, 1.165) is 0 Å². The summed E-state index contributed by atoms with van der Waals surface area (Å²) in [5.41, 5.74) is 0.366. The number of benzene rings is 1. The highest BCUT2D eigenvalue weighted by molar-refractivity contribution is 7.93. The third kappa shape index (κ3) is 2.82. The van der Waals surface area contributed by atoms with Crippen molar-refractivity contribution in [3.8, 4) is 0 Å². The molecule has 0 amide bonds. The average molecular weight is 306 g/mol. The Balaban J connectivity index is 3.79. The quantitative estimate of drug-likeness (QED) is 0.845. The predicted octanol–water partition coefficient (Wildman–Crippen LogP) is 2.12. The Hall–Kier alpha value is -0.920. The van der Waals surface area contributed by atoms with Crippen LogP contribution >= 0.6 is 0 Å². The molecule has 0 heterocycles. The molecular formula is C12H18O5S2. The van der Waals surface area contributed by atoms with Crippen LogP contribution in [0.5, 0.6) is 0 Å². The van der Waals surface area contributed by atoms with Crippen molar-refractivity contribution >= 4 is 20.0 Å². The molecule has 108 valence electrons. The molecule has 1 aromatic carbocycles. The van der Waals surface area contributed by atoms with Crippen LogP contribution in [0, 0.1) is 13.8 Å². The van der Waals surface area contributed by atoms with Crippen LogP contribution in [-0.2, 0) is 20.0 Å². The molecule has 0 aromatic heterocycles. The van der Waals surface area contributed by atoms with Crippen LogP contribution in [0.15, 0.2) is 21.9 Å². The lowest BCUT2D eigenvalue weighted by atomic mass is 10.1. The first-order valence-electron chi connectivity index (χ1n) is 5.62. The second kappa shape index (κ2) is 4.57. The Morgan fingerprint density at radius 3 is 1.84 bits per heavy atom. The van der Waals surface area contributed by atoms with E-state index in [9.17, 15) is 21.4 Å². The van der Waals surface area contributed by atoms with Crippen LogP contribution in [0.2, 0.25) is 0 Å². The van der Waals surface area contributed by atoms with Gasteiger partial charge in [0.2, 0.25) is 0 Å². The average Bonchev–Trinajstić information content (AvgIpc) is 2.12. The highest BCUT2D eigenvalue weighted by Gasteiger charge is 2.34. The van der Waals surface area contributed by atoms with Gasteiger partial charge in [0, 0.05) is 0 Å². The SMILES string of the molecule is Cc1ccc(S(=O)(=O)C(C)(C)C)c(C)c1S(=O)(=O)O. The zero-order valence-corrected chi connectivity index (χ0v) is 13.2. The van der Waals surface area contributed by atoms with Gasteiger partial charge in [-0.1, -0.05) is 6.07 Å². The normalized spacial score (nSPS) is 13.6. The minimum absolute atomic E-state index is 0.0532. The molecule has 7 heteroatoms. The molecule has 1 rings (SSSR count). The molecule has 0 radical (unpaired) electrons. The first-order valence-corrected chi connectivity index (χ1v) is 8.55. The van der Waals surface area contributed by atoms with Gasteiger partial charge in [0.1, 0.15) is 4.90 Å². The molecule has 0 atom stereocenters. The highest BCUT2D eigenvalue weighted by atomic mass is 32.2. The molecule has 1 N–H and O–H groups in total. The third-order valence-electron chi connectivity index (χ3n) is 2.91. The summed E-state index contributed by atoms with van der Waals surface area (Å²) in [5.74, 6) is 0. The van der Waals surface area contributed by atoms with Crippen LogP contribution < -0.4 is 0 Å². The molecule has 0 fully saturated rings. The van der Waals surface area contributed by atoms with Gasteiger partial charge in [-0.25, -0.2) is 8.42 Å². The van der Waals surface area contributed by atoms with Gasteiger partial charge in [-0.15, -0.1) is 0 Å². The van der Waals surface area contributed by atoms with Crippen LogP contribution in [-0.4, -0.2) is 26.1 Å². The summed E-state index contributed by atoms with van der Waals surface area (Å²) in [6, 6.07) is 2.76. The largest absolute Gasteiger partial charge is 0.295 e. The molecule has 0 saturated heterocycles. The van der Waals surface area contributed by atoms with Crippen molar-refractivity contribution in [3.05, 3.63) is 23.3 Å². The number of aryl methyl sites for hydroxylation is 1. The Kier molecular flexibility index (Phi) is 3.88. The Labute approximate surface area is 114 Å². The van der Waals surface area contributed by atoms with E-state index >= 15 is 0 Å². The van der Waals surface area contributed by atoms with Gasteiger partial charge in [-0.3, -0.25) is 4.55 Å². The van der Waals surface area contributed by atoms with Gasteiger partial charge in [-0.05, 0) is 51.8 Å². The maximum Gasteiger partial charge on any atom is 0.295 e. The van der Waals surface area contributed by atoms with Crippen LogP contribution in [0.4, 0.5) is 0 Å². The van der Waals surface area contributed by atoms with E-state index in [0.29, 0.717) is 5.56 Å². The van der Waals surface area contributed by atoms with Gasteiger partial charge < -0.3 is 0 Å². The van der Waals surface area contributed by atoms with Crippen molar-refractivity contribution in [1.82, 2.24) is 0 Å². The lowest BCUT2D eigenvalue weighted by Gasteiger charge is -2.22. The first kappa shape index (κ1) is 16.1. The van der Waals surface area contributed by atoms with Crippen molar-refractivity contribution < 1.29 is 21.4 Å². The summed E-state index contributed by atoms with van der Waals surface area (Å²) in [4.78, 5) is -0.406. The van der Waals surface area contributed by atoms with E-state index in [1.165, 1.54) is 46.8 Å². The Morgan fingerprint density at radius 1 is 1.00 bits per heavy atom. The molecule has 0 saturated carbocycles. The van der Waals surface area contributed by atoms with E-state index < -0.39 is 24.7 Å². The number of hydrogen-bond acceptors (Lipinski definition) is 4. The van der Waals surface area contributed by atoms with Gasteiger partial charge in [-0.2, -0.15) is 8.42 Å². The zero-order valence-electron chi connectivity index (χ0n) is 11.6. The standard InChI is InChI=1S/C12H18O5S2/c1-8-6-7-10(18(13,14)12(3,4)5)9(2)11(8)19(15,16)17/h6-7H,1-5H3,(H,15,16,17). The molecule has 1 aromatic rings.